The number of guanidine groups is 1. The standard InChI is InChI=1S/C18H24N4OS/c1-4-14-7-6-8-15(11-14)21-17(23)12-20-18(19-3)22-9-10-24-16(5-2)13-22/h1,6-8,11,16H,5,9-10,12-13H2,2-3H3,(H,19,20)(H,21,23). The number of rotatable bonds is 4. The zero-order valence-electron chi connectivity index (χ0n) is 14.2. The van der Waals surface area contributed by atoms with Crippen LogP contribution in [-0.4, -0.2) is 54.5 Å². The highest BCUT2D eigenvalue weighted by atomic mass is 32.2. The molecular weight excluding hydrogens is 320 g/mol. The molecule has 2 N–H and O–H groups in total. The van der Waals surface area contributed by atoms with E-state index in [9.17, 15) is 4.79 Å². The van der Waals surface area contributed by atoms with Crippen LogP contribution < -0.4 is 10.6 Å². The van der Waals surface area contributed by atoms with Crippen LogP contribution in [0.5, 0.6) is 0 Å². The maximum Gasteiger partial charge on any atom is 0.243 e. The van der Waals surface area contributed by atoms with Gasteiger partial charge in [0.15, 0.2) is 5.96 Å². The van der Waals surface area contributed by atoms with Crippen LogP contribution in [0, 0.1) is 12.3 Å². The lowest BCUT2D eigenvalue weighted by molar-refractivity contribution is -0.115. The van der Waals surface area contributed by atoms with Crippen LogP contribution in [0.3, 0.4) is 0 Å². The first kappa shape index (κ1) is 18.2. The van der Waals surface area contributed by atoms with Crippen molar-refractivity contribution >= 4 is 29.3 Å². The number of nitrogens with zero attached hydrogens (tertiary/aromatic N) is 2. The van der Waals surface area contributed by atoms with E-state index < -0.39 is 0 Å². The van der Waals surface area contributed by atoms with E-state index in [4.69, 9.17) is 6.42 Å². The van der Waals surface area contributed by atoms with Crippen LogP contribution in [0.1, 0.15) is 18.9 Å². The number of thioether (sulfide) groups is 1. The monoisotopic (exact) mass is 344 g/mol. The molecule has 1 aromatic rings. The number of benzene rings is 1. The molecule has 1 aliphatic heterocycles. The zero-order chi connectivity index (χ0) is 17.4. The highest BCUT2D eigenvalue weighted by Crippen LogP contribution is 2.20. The topological polar surface area (TPSA) is 56.7 Å². The highest BCUT2D eigenvalue weighted by Gasteiger charge is 2.21. The molecule has 0 bridgehead atoms. The summed E-state index contributed by atoms with van der Waals surface area (Å²) in [5.74, 6) is 4.30. The van der Waals surface area contributed by atoms with Gasteiger partial charge in [0, 0.05) is 42.4 Å². The third kappa shape index (κ3) is 5.20. The molecule has 1 unspecified atom stereocenters. The molecular formula is C18H24N4OS. The SMILES string of the molecule is C#Cc1cccc(NC(=O)CNC(=NC)N2CCSC(CC)C2)c1. The second kappa shape index (κ2) is 9.24. The Hall–Kier alpha value is -2.13. The molecule has 1 heterocycles. The molecule has 6 heteroatoms. The number of anilines is 1. The van der Waals surface area contributed by atoms with E-state index in [0.29, 0.717) is 10.9 Å². The number of amides is 1. The summed E-state index contributed by atoms with van der Waals surface area (Å²) in [6.45, 7) is 4.29. The number of hydrogen-bond acceptors (Lipinski definition) is 3. The van der Waals surface area contributed by atoms with Gasteiger partial charge in [-0.2, -0.15) is 11.8 Å². The number of carbonyl (C=O) groups excluding carboxylic acids is 1. The van der Waals surface area contributed by atoms with Crippen molar-refractivity contribution in [3.05, 3.63) is 29.8 Å². The van der Waals surface area contributed by atoms with Gasteiger partial charge in [0.1, 0.15) is 0 Å². The van der Waals surface area contributed by atoms with Crippen molar-refractivity contribution in [2.45, 2.75) is 18.6 Å². The molecule has 1 fully saturated rings. The van der Waals surface area contributed by atoms with Gasteiger partial charge in [0.05, 0.1) is 6.54 Å². The van der Waals surface area contributed by atoms with Gasteiger partial charge in [0.25, 0.3) is 0 Å². The number of carbonyl (C=O) groups is 1. The zero-order valence-corrected chi connectivity index (χ0v) is 15.0. The molecule has 2 rings (SSSR count). The summed E-state index contributed by atoms with van der Waals surface area (Å²) in [4.78, 5) is 18.7. The second-order valence-electron chi connectivity index (χ2n) is 5.52. The molecule has 0 saturated carbocycles. The Kier molecular flexibility index (Phi) is 7.01. The quantitative estimate of drug-likeness (QED) is 0.498. The minimum absolute atomic E-state index is 0.122. The third-order valence-corrected chi connectivity index (χ3v) is 5.20. The smallest absolute Gasteiger partial charge is 0.243 e. The van der Waals surface area contributed by atoms with Gasteiger partial charge in [-0.1, -0.05) is 18.9 Å². The van der Waals surface area contributed by atoms with Crippen molar-refractivity contribution in [1.82, 2.24) is 10.2 Å². The molecule has 0 spiro atoms. The van der Waals surface area contributed by atoms with E-state index in [1.807, 2.05) is 30.0 Å². The Balaban J connectivity index is 1.86. The first-order valence-corrected chi connectivity index (χ1v) is 9.14. The van der Waals surface area contributed by atoms with Crippen LogP contribution in [0.15, 0.2) is 29.3 Å². The Morgan fingerprint density at radius 1 is 1.54 bits per heavy atom. The van der Waals surface area contributed by atoms with Gasteiger partial charge in [-0.3, -0.25) is 9.79 Å². The Bertz CT molecular complexity index is 638. The molecule has 1 aliphatic rings. The first-order valence-electron chi connectivity index (χ1n) is 8.10. The Morgan fingerprint density at radius 3 is 3.08 bits per heavy atom. The minimum atomic E-state index is -0.122. The van der Waals surface area contributed by atoms with Crippen molar-refractivity contribution in [3.63, 3.8) is 0 Å². The predicted octanol–water partition coefficient (Wildman–Crippen LogP) is 2.01. The molecule has 128 valence electrons. The van der Waals surface area contributed by atoms with E-state index in [1.54, 1.807) is 13.1 Å². The predicted molar refractivity (Wildman–Crippen MR) is 102 cm³/mol. The third-order valence-electron chi connectivity index (χ3n) is 3.83. The summed E-state index contributed by atoms with van der Waals surface area (Å²) < 4.78 is 0. The molecule has 1 aromatic carbocycles. The number of hydrogen-bond donors (Lipinski definition) is 2. The van der Waals surface area contributed by atoms with E-state index in [2.05, 4.69) is 33.4 Å². The molecule has 0 aliphatic carbocycles. The van der Waals surface area contributed by atoms with Gasteiger partial charge < -0.3 is 15.5 Å². The van der Waals surface area contributed by atoms with Gasteiger partial charge in [-0.15, -0.1) is 6.42 Å². The Morgan fingerprint density at radius 2 is 2.38 bits per heavy atom. The normalized spacial score (nSPS) is 18.0. The average molecular weight is 344 g/mol. The first-order chi connectivity index (χ1) is 11.7. The molecule has 24 heavy (non-hydrogen) atoms. The van der Waals surface area contributed by atoms with E-state index in [-0.39, 0.29) is 12.5 Å². The number of terminal acetylenes is 1. The van der Waals surface area contributed by atoms with Crippen molar-refractivity contribution in [2.24, 2.45) is 4.99 Å². The Labute approximate surface area is 148 Å². The van der Waals surface area contributed by atoms with Crippen LogP contribution in [-0.2, 0) is 4.79 Å². The van der Waals surface area contributed by atoms with Gasteiger partial charge in [-0.05, 0) is 24.6 Å². The molecule has 5 nitrogen and oxygen atoms in total. The number of aliphatic imine (C=N–C) groups is 1. The highest BCUT2D eigenvalue weighted by molar-refractivity contribution is 8.00. The van der Waals surface area contributed by atoms with Crippen LogP contribution in [0.2, 0.25) is 0 Å². The second-order valence-corrected chi connectivity index (χ2v) is 6.93. The van der Waals surface area contributed by atoms with Gasteiger partial charge in [0.2, 0.25) is 5.91 Å². The maximum absolute atomic E-state index is 12.1. The van der Waals surface area contributed by atoms with Crippen molar-refractivity contribution < 1.29 is 4.79 Å². The summed E-state index contributed by atoms with van der Waals surface area (Å²) in [5, 5.41) is 6.61. The fraction of sp³-hybridized carbons (Fsp3) is 0.444. The van der Waals surface area contributed by atoms with Gasteiger partial charge >= 0.3 is 0 Å². The fourth-order valence-corrected chi connectivity index (χ4v) is 3.72. The molecule has 1 saturated heterocycles. The van der Waals surface area contributed by atoms with Crippen molar-refractivity contribution in [3.8, 4) is 12.3 Å². The molecule has 1 atom stereocenters. The van der Waals surface area contributed by atoms with Crippen molar-refractivity contribution in [2.75, 3.05) is 37.8 Å². The lowest BCUT2D eigenvalue weighted by atomic mass is 10.2. The van der Waals surface area contributed by atoms with Crippen LogP contribution in [0.4, 0.5) is 5.69 Å². The molecule has 0 aromatic heterocycles. The largest absolute Gasteiger partial charge is 0.347 e. The fourth-order valence-electron chi connectivity index (χ4n) is 2.54. The average Bonchev–Trinajstić information content (AvgIpc) is 2.62. The molecule has 0 radical (unpaired) electrons. The van der Waals surface area contributed by atoms with Crippen molar-refractivity contribution in [1.29, 1.82) is 0 Å². The van der Waals surface area contributed by atoms with E-state index in [0.717, 1.165) is 36.8 Å². The van der Waals surface area contributed by atoms with Crippen LogP contribution in [0.25, 0.3) is 0 Å². The summed E-state index contributed by atoms with van der Waals surface area (Å²) in [5.41, 5.74) is 1.45. The summed E-state index contributed by atoms with van der Waals surface area (Å²) >= 11 is 2.00. The summed E-state index contributed by atoms with van der Waals surface area (Å²) in [6, 6.07) is 7.25. The lowest BCUT2D eigenvalue weighted by Crippen LogP contribution is -2.49. The number of nitrogens with one attached hydrogen (secondary N) is 2. The molecule has 1 amide bonds. The summed E-state index contributed by atoms with van der Waals surface area (Å²) in [6.07, 6.45) is 6.52. The van der Waals surface area contributed by atoms with E-state index >= 15 is 0 Å². The van der Waals surface area contributed by atoms with Crippen LogP contribution >= 0.6 is 11.8 Å². The maximum atomic E-state index is 12.1. The van der Waals surface area contributed by atoms with E-state index in [1.165, 1.54) is 0 Å². The van der Waals surface area contributed by atoms with Gasteiger partial charge in [-0.25, -0.2) is 0 Å². The lowest BCUT2D eigenvalue weighted by Gasteiger charge is -2.34. The minimum Gasteiger partial charge on any atom is -0.347 e. The summed E-state index contributed by atoms with van der Waals surface area (Å²) in [7, 11) is 1.75.